The van der Waals surface area contributed by atoms with Crippen LogP contribution in [0.1, 0.15) is 21.8 Å². The molecule has 0 aromatic heterocycles. The molecule has 2 nitrogen and oxygen atoms in total. The molecule has 6 heteroatoms. The Morgan fingerprint density at radius 1 is 1.19 bits per heavy atom. The molecule has 0 fully saturated rings. The van der Waals surface area contributed by atoms with E-state index in [-0.39, 0.29) is 0 Å². The van der Waals surface area contributed by atoms with Crippen LogP contribution in [0.5, 0.6) is 0 Å². The molecule has 0 bridgehead atoms. The summed E-state index contributed by atoms with van der Waals surface area (Å²) in [6.45, 7) is 0. The SMILES string of the molecule is N#CC(C(=O)c1cc(F)c(Cl)cc1F)c1ccc(Br)cc1. The zero-order valence-electron chi connectivity index (χ0n) is 10.4. The van der Waals surface area contributed by atoms with E-state index in [4.69, 9.17) is 11.6 Å². The fourth-order valence-corrected chi connectivity index (χ4v) is 2.22. The maximum absolute atomic E-state index is 13.8. The Labute approximate surface area is 133 Å². The number of carbonyl (C=O) groups is 1. The van der Waals surface area contributed by atoms with E-state index in [0.29, 0.717) is 11.6 Å². The van der Waals surface area contributed by atoms with Gasteiger partial charge < -0.3 is 0 Å². The van der Waals surface area contributed by atoms with Gasteiger partial charge in [0.05, 0.1) is 16.7 Å². The Morgan fingerprint density at radius 3 is 2.38 bits per heavy atom. The number of nitriles is 1. The molecule has 0 saturated carbocycles. The monoisotopic (exact) mass is 369 g/mol. The molecule has 106 valence electrons. The van der Waals surface area contributed by atoms with Crippen molar-refractivity contribution in [3.63, 3.8) is 0 Å². The van der Waals surface area contributed by atoms with Crippen LogP contribution in [-0.2, 0) is 0 Å². The predicted octanol–water partition coefficient (Wildman–Crippen LogP) is 4.87. The van der Waals surface area contributed by atoms with Crippen molar-refractivity contribution in [2.45, 2.75) is 5.92 Å². The molecule has 0 saturated heterocycles. The highest BCUT2D eigenvalue weighted by Gasteiger charge is 2.25. The molecular formula is C15H7BrClF2NO. The van der Waals surface area contributed by atoms with Crippen LogP contribution in [0.25, 0.3) is 0 Å². The molecule has 21 heavy (non-hydrogen) atoms. The summed E-state index contributed by atoms with van der Waals surface area (Å²) in [7, 11) is 0. The smallest absolute Gasteiger partial charge is 0.187 e. The van der Waals surface area contributed by atoms with Gasteiger partial charge in [-0.25, -0.2) is 8.78 Å². The maximum atomic E-state index is 13.8. The van der Waals surface area contributed by atoms with Crippen molar-refractivity contribution >= 4 is 33.3 Å². The average Bonchev–Trinajstić information content (AvgIpc) is 2.45. The van der Waals surface area contributed by atoms with E-state index in [1.807, 2.05) is 6.07 Å². The van der Waals surface area contributed by atoms with E-state index in [2.05, 4.69) is 15.9 Å². The fourth-order valence-electron chi connectivity index (χ4n) is 1.81. The summed E-state index contributed by atoms with van der Waals surface area (Å²) >= 11 is 8.68. The lowest BCUT2D eigenvalue weighted by Crippen LogP contribution is -2.13. The number of carbonyl (C=O) groups excluding carboxylic acids is 1. The van der Waals surface area contributed by atoms with E-state index >= 15 is 0 Å². The number of nitrogens with zero attached hydrogens (tertiary/aromatic N) is 1. The van der Waals surface area contributed by atoms with Gasteiger partial charge >= 0.3 is 0 Å². The Morgan fingerprint density at radius 2 is 1.81 bits per heavy atom. The minimum Gasteiger partial charge on any atom is -0.292 e. The summed E-state index contributed by atoms with van der Waals surface area (Å²) < 4.78 is 27.9. The summed E-state index contributed by atoms with van der Waals surface area (Å²) in [4.78, 5) is 12.3. The van der Waals surface area contributed by atoms with Crippen molar-refractivity contribution in [3.8, 4) is 6.07 Å². The first-order chi connectivity index (χ1) is 9.93. The molecule has 0 amide bonds. The normalized spacial score (nSPS) is 11.8. The van der Waals surface area contributed by atoms with Crippen LogP contribution < -0.4 is 0 Å². The molecule has 0 aliphatic heterocycles. The second-order valence-corrected chi connectivity index (χ2v) is 5.55. The molecule has 0 N–H and O–H groups in total. The third kappa shape index (κ3) is 3.29. The second-order valence-electron chi connectivity index (χ2n) is 4.22. The highest BCUT2D eigenvalue weighted by Crippen LogP contribution is 2.26. The lowest BCUT2D eigenvalue weighted by atomic mass is 9.91. The van der Waals surface area contributed by atoms with Crippen molar-refractivity contribution in [1.82, 2.24) is 0 Å². The Kier molecular flexibility index (Phi) is 4.71. The van der Waals surface area contributed by atoms with E-state index in [1.165, 1.54) is 0 Å². The molecular weight excluding hydrogens is 364 g/mol. The van der Waals surface area contributed by atoms with Gasteiger partial charge in [-0.15, -0.1) is 0 Å². The quantitative estimate of drug-likeness (QED) is 0.571. The fraction of sp³-hybridized carbons (Fsp3) is 0.0667. The summed E-state index contributed by atoms with van der Waals surface area (Å²) in [5.41, 5.74) is -0.0909. The topological polar surface area (TPSA) is 40.9 Å². The van der Waals surface area contributed by atoms with Gasteiger partial charge in [0, 0.05) is 4.47 Å². The molecule has 1 unspecified atom stereocenters. The molecule has 1 atom stereocenters. The van der Waals surface area contributed by atoms with E-state index in [9.17, 15) is 18.8 Å². The molecule has 0 aliphatic rings. The first-order valence-corrected chi connectivity index (χ1v) is 6.95. The van der Waals surface area contributed by atoms with Gasteiger partial charge in [0.25, 0.3) is 0 Å². The Balaban J connectivity index is 2.44. The van der Waals surface area contributed by atoms with Crippen molar-refractivity contribution in [2.24, 2.45) is 0 Å². The number of hydrogen-bond donors (Lipinski definition) is 0. The average molecular weight is 371 g/mol. The van der Waals surface area contributed by atoms with Gasteiger partial charge in [-0.1, -0.05) is 39.7 Å². The van der Waals surface area contributed by atoms with Gasteiger partial charge in [0.1, 0.15) is 17.6 Å². The number of halogens is 4. The first kappa shape index (κ1) is 15.6. The number of hydrogen-bond acceptors (Lipinski definition) is 2. The van der Waals surface area contributed by atoms with E-state index in [0.717, 1.165) is 10.5 Å². The van der Waals surface area contributed by atoms with Gasteiger partial charge in [-0.2, -0.15) is 5.26 Å². The number of benzene rings is 2. The molecule has 0 spiro atoms. The third-order valence-corrected chi connectivity index (χ3v) is 3.69. The number of Topliss-reactive ketones (excluding diaryl/α,β-unsaturated/α-hetero) is 1. The Hall–Kier alpha value is -1.77. The molecule has 0 radical (unpaired) electrons. The highest BCUT2D eigenvalue weighted by molar-refractivity contribution is 9.10. The minimum absolute atomic E-state index is 0.403. The Bertz CT molecular complexity index is 741. The van der Waals surface area contributed by atoms with Crippen LogP contribution in [-0.4, -0.2) is 5.78 Å². The standard InChI is InChI=1S/C15H7BrClF2NO/c16-9-3-1-8(2-4-9)11(7-20)15(21)10-5-14(19)12(17)6-13(10)18/h1-6,11H. The third-order valence-electron chi connectivity index (χ3n) is 2.87. The van der Waals surface area contributed by atoms with E-state index in [1.54, 1.807) is 24.3 Å². The van der Waals surface area contributed by atoms with Crippen LogP contribution in [0.2, 0.25) is 5.02 Å². The molecule has 0 aliphatic carbocycles. The van der Waals surface area contributed by atoms with Crippen molar-refractivity contribution in [3.05, 3.63) is 68.7 Å². The molecule has 2 rings (SSSR count). The van der Waals surface area contributed by atoms with Gasteiger partial charge in [-0.3, -0.25) is 4.79 Å². The lowest BCUT2D eigenvalue weighted by molar-refractivity contribution is 0.0974. The highest BCUT2D eigenvalue weighted by atomic mass is 79.9. The van der Waals surface area contributed by atoms with Gasteiger partial charge in [-0.05, 0) is 29.8 Å². The summed E-state index contributed by atoms with van der Waals surface area (Å²) in [6, 6.07) is 9.70. The zero-order chi connectivity index (χ0) is 15.6. The van der Waals surface area contributed by atoms with Crippen LogP contribution in [0, 0.1) is 23.0 Å². The number of rotatable bonds is 3. The van der Waals surface area contributed by atoms with E-state index < -0.39 is 33.9 Å². The second kappa shape index (κ2) is 6.33. The zero-order valence-corrected chi connectivity index (χ0v) is 12.8. The largest absolute Gasteiger partial charge is 0.292 e. The molecule has 0 heterocycles. The van der Waals surface area contributed by atoms with Gasteiger partial charge in [0.15, 0.2) is 5.78 Å². The van der Waals surface area contributed by atoms with Crippen LogP contribution in [0.15, 0.2) is 40.9 Å². The predicted molar refractivity (Wildman–Crippen MR) is 78.2 cm³/mol. The van der Waals surface area contributed by atoms with Gasteiger partial charge in [0.2, 0.25) is 0 Å². The van der Waals surface area contributed by atoms with Crippen LogP contribution in [0.3, 0.4) is 0 Å². The van der Waals surface area contributed by atoms with Crippen molar-refractivity contribution in [2.75, 3.05) is 0 Å². The summed E-state index contributed by atoms with van der Waals surface area (Å²) in [5, 5.41) is 8.75. The summed E-state index contributed by atoms with van der Waals surface area (Å²) in [5.74, 6) is -3.89. The molecule has 2 aromatic carbocycles. The van der Waals surface area contributed by atoms with Crippen LogP contribution in [0.4, 0.5) is 8.78 Å². The summed E-state index contributed by atoms with van der Waals surface area (Å²) in [6.07, 6.45) is 0. The maximum Gasteiger partial charge on any atom is 0.187 e. The van der Waals surface area contributed by atoms with Crippen molar-refractivity contribution in [1.29, 1.82) is 5.26 Å². The van der Waals surface area contributed by atoms with Crippen molar-refractivity contribution < 1.29 is 13.6 Å². The minimum atomic E-state index is -1.21. The van der Waals surface area contributed by atoms with Crippen LogP contribution >= 0.6 is 27.5 Å². The first-order valence-electron chi connectivity index (χ1n) is 5.78. The lowest BCUT2D eigenvalue weighted by Gasteiger charge is -2.10. The number of ketones is 1. The molecule has 2 aromatic rings.